The Hall–Kier alpha value is -1.49. The lowest BCUT2D eigenvalue weighted by Crippen LogP contribution is -2.13. The highest BCUT2D eigenvalue weighted by atomic mass is 35.5. The first kappa shape index (κ1) is 13.6. The van der Waals surface area contributed by atoms with E-state index >= 15 is 0 Å². The molecular formula is C11H9ClF2O3. The summed E-state index contributed by atoms with van der Waals surface area (Å²) in [7, 11) is 0. The van der Waals surface area contributed by atoms with E-state index in [1.165, 1.54) is 0 Å². The maximum atomic E-state index is 13.3. The lowest BCUT2D eigenvalue weighted by Gasteiger charge is -2.05. The molecule has 0 aliphatic carbocycles. The molecule has 0 aliphatic heterocycles. The summed E-state index contributed by atoms with van der Waals surface area (Å²) in [6.07, 6.45) is -0.673. The van der Waals surface area contributed by atoms with E-state index in [1.54, 1.807) is 6.92 Å². The number of hydrogen-bond acceptors (Lipinski definition) is 3. The highest BCUT2D eigenvalue weighted by Crippen LogP contribution is 2.23. The summed E-state index contributed by atoms with van der Waals surface area (Å²) in [5.74, 6) is -4.27. The Morgan fingerprint density at radius 1 is 1.35 bits per heavy atom. The standard InChI is InChI=1S/C11H9ClF2O3/c1-2-17-9(16)5-8(15)10-6(12)3-4-7(13)11(10)14/h3-4H,2,5H2,1H3. The molecule has 3 nitrogen and oxygen atoms in total. The van der Waals surface area contributed by atoms with Gasteiger partial charge in [-0.15, -0.1) is 0 Å². The molecule has 0 bridgehead atoms. The predicted molar refractivity (Wildman–Crippen MR) is 56.9 cm³/mol. The molecule has 17 heavy (non-hydrogen) atoms. The van der Waals surface area contributed by atoms with Gasteiger partial charge in [-0.1, -0.05) is 11.6 Å². The van der Waals surface area contributed by atoms with Crippen molar-refractivity contribution in [2.45, 2.75) is 13.3 Å². The van der Waals surface area contributed by atoms with Gasteiger partial charge in [0.25, 0.3) is 0 Å². The number of hydrogen-bond donors (Lipinski definition) is 0. The number of ketones is 1. The van der Waals surface area contributed by atoms with E-state index in [-0.39, 0.29) is 11.6 Å². The zero-order valence-electron chi connectivity index (χ0n) is 8.93. The van der Waals surface area contributed by atoms with Crippen LogP contribution in [-0.2, 0) is 9.53 Å². The molecule has 0 aromatic heterocycles. The van der Waals surface area contributed by atoms with Gasteiger partial charge < -0.3 is 4.74 Å². The van der Waals surface area contributed by atoms with E-state index in [4.69, 9.17) is 11.6 Å². The number of benzene rings is 1. The zero-order valence-corrected chi connectivity index (χ0v) is 9.68. The maximum Gasteiger partial charge on any atom is 0.313 e. The minimum Gasteiger partial charge on any atom is -0.466 e. The van der Waals surface area contributed by atoms with Crippen LogP contribution in [0.5, 0.6) is 0 Å². The van der Waals surface area contributed by atoms with Crippen LogP contribution in [0.3, 0.4) is 0 Å². The molecule has 0 spiro atoms. The molecule has 0 N–H and O–H groups in total. The number of halogens is 3. The van der Waals surface area contributed by atoms with Crippen LogP contribution in [0.1, 0.15) is 23.7 Å². The van der Waals surface area contributed by atoms with Gasteiger partial charge in [0, 0.05) is 0 Å². The van der Waals surface area contributed by atoms with E-state index in [0.717, 1.165) is 12.1 Å². The summed E-state index contributed by atoms with van der Waals surface area (Å²) in [4.78, 5) is 22.6. The van der Waals surface area contributed by atoms with Crippen molar-refractivity contribution in [3.8, 4) is 0 Å². The van der Waals surface area contributed by atoms with Crippen LogP contribution < -0.4 is 0 Å². The zero-order chi connectivity index (χ0) is 13.0. The predicted octanol–water partition coefficient (Wildman–Crippen LogP) is 2.75. The number of Topliss-reactive ketones (excluding diaryl/α,β-unsaturated/α-hetero) is 1. The summed E-state index contributed by atoms with van der Waals surface area (Å²) in [5, 5.41) is -0.238. The van der Waals surface area contributed by atoms with Crippen molar-refractivity contribution in [2.75, 3.05) is 6.61 Å². The van der Waals surface area contributed by atoms with Crippen molar-refractivity contribution in [3.63, 3.8) is 0 Å². The molecule has 0 radical (unpaired) electrons. The van der Waals surface area contributed by atoms with Gasteiger partial charge >= 0.3 is 5.97 Å². The maximum absolute atomic E-state index is 13.3. The molecule has 1 rings (SSSR count). The van der Waals surface area contributed by atoms with Gasteiger partial charge in [0.1, 0.15) is 6.42 Å². The summed E-state index contributed by atoms with van der Waals surface area (Å²) < 4.78 is 30.7. The molecule has 0 saturated heterocycles. The van der Waals surface area contributed by atoms with Gasteiger partial charge in [-0.3, -0.25) is 9.59 Å². The van der Waals surface area contributed by atoms with Gasteiger partial charge in [0.15, 0.2) is 17.4 Å². The SMILES string of the molecule is CCOC(=O)CC(=O)c1c(Cl)ccc(F)c1F. The van der Waals surface area contributed by atoms with E-state index in [0.29, 0.717) is 0 Å². The number of carbonyl (C=O) groups is 2. The number of ether oxygens (including phenoxy) is 1. The monoisotopic (exact) mass is 262 g/mol. The summed E-state index contributed by atoms with van der Waals surface area (Å²) in [6.45, 7) is 1.67. The highest BCUT2D eigenvalue weighted by Gasteiger charge is 2.22. The molecule has 1 aromatic rings. The summed E-state index contributed by atoms with van der Waals surface area (Å²) in [5.41, 5.74) is -0.625. The van der Waals surface area contributed by atoms with E-state index in [2.05, 4.69) is 4.74 Å². The molecule has 1 aromatic carbocycles. The van der Waals surface area contributed by atoms with E-state index in [9.17, 15) is 18.4 Å². The molecule has 0 atom stereocenters. The molecule has 92 valence electrons. The third-order valence-electron chi connectivity index (χ3n) is 1.93. The average Bonchev–Trinajstić information content (AvgIpc) is 2.24. The van der Waals surface area contributed by atoms with Gasteiger partial charge in [0.2, 0.25) is 0 Å². The number of rotatable bonds is 4. The van der Waals surface area contributed by atoms with Gasteiger partial charge in [-0.05, 0) is 19.1 Å². The van der Waals surface area contributed by atoms with Gasteiger partial charge in [-0.25, -0.2) is 8.78 Å². The van der Waals surface area contributed by atoms with Crippen LogP contribution >= 0.6 is 11.6 Å². The van der Waals surface area contributed by atoms with Crippen molar-refractivity contribution in [1.82, 2.24) is 0 Å². The Labute approximate surface area is 101 Å². The van der Waals surface area contributed by atoms with Crippen LogP contribution in [-0.4, -0.2) is 18.4 Å². The number of carbonyl (C=O) groups excluding carboxylic acids is 2. The normalized spacial score (nSPS) is 10.1. The fourth-order valence-corrected chi connectivity index (χ4v) is 1.47. The largest absolute Gasteiger partial charge is 0.466 e. The summed E-state index contributed by atoms with van der Waals surface area (Å²) in [6, 6.07) is 1.86. The molecule has 0 unspecified atom stereocenters. The molecule has 0 aliphatic rings. The Bertz CT molecular complexity index is 460. The van der Waals surface area contributed by atoms with E-state index < -0.39 is 35.4 Å². The Balaban J connectivity index is 2.97. The van der Waals surface area contributed by atoms with Crippen molar-refractivity contribution in [1.29, 1.82) is 0 Å². The Morgan fingerprint density at radius 3 is 2.59 bits per heavy atom. The molecule has 0 saturated carbocycles. The number of esters is 1. The smallest absolute Gasteiger partial charge is 0.313 e. The Kier molecular flexibility index (Phi) is 4.57. The third kappa shape index (κ3) is 3.23. The Morgan fingerprint density at radius 2 is 2.00 bits per heavy atom. The van der Waals surface area contributed by atoms with Crippen molar-refractivity contribution < 1.29 is 23.1 Å². The first-order valence-corrected chi connectivity index (χ1v) is 5.17. The minimum absolute atomic E-state index is 0.103. The van der Waals surface area contributed by atoms with Crippen molar-refractivity contribution in [2.24, 2.45) is 0 Å². The molecule has 0 heterocycles. The van der Waals surface area contributed by atoms with Crippen LogP contribution in [0.15, 0.2) is 12.1 Å². The molecule has 0 amide bonds. The fraction of sp³-hybridized carbons (Fsp3) is 0.273. The summed E-state index contributed by atoms with van der Waals surface area (Å²) >= 11 is 5.58. The second kappa shape index (κ2) is 5.72. The lowest BCUT2D eigenvalue weighted by atomic mass is 10.1. The van der Waals surface area contributed by atoms with Crippen LogP contribution in [0, 0.1) is 11.6 Å². The minimum atomic E-state index is -1.35. The second-order valence-electron chi connectivity index (χ2n) is 3.12. The first-order chi connectivity index (χ1) is 7.97. The van der Waals surface area contributed by atoms with Crippen molar-refractivity contribution in [3.05, 3.63) is 34.4 Å². The van der Waals surface area contributed by atoms with Gasteiger partial charge in [0.05, 0.1) is 17.2 Å². The fourth-order valence-electron chi connectivity index (χ4n) is 1.21. The van der Waals surface area contributed by atoms with E-state index in [1.807, 2.05) is 0 Å². The first-order valence-electron chi connectivity index (χ1n) is 4.79. The average molecular weight is 263 g/mol. The van der Waals surface area contributed by atoms with Crippen LogP contribution in [0.25, 0.3) is 0 Å². The highest BCUT2D eigenvalue weighted by molar-refractivity contribution is 6.34. The van der Waals surface area contributed by atoms with Crippen molar-refractivity contribution >= 4 is 23.4 Å². The van der Waals surface area contributed by atoms with Crippen LogP contribution in [0.2, 0.25) is 5.02 Å². The molecule has 0 fully saturated rings. The second-order valence-corrected chi connectivity index (χ2v) is 3.53. The third-order valence-corrected chi connectivity index (χ3v) is 2.25. The molecule has 6 heteroatoms. The topological polar surface area (TPSA) is 43.4 Å². The molecular weight excluding hydrogens is 254 g/mol. The van der Waals surface area contributed by atoms with Gasteiger partial charge in [-0.2, -0.15) is 0 Å². The quantitative estimate of drug-likeness (QED) is 0.363. The van der Waals surface area contributed by atoms with Crippen LogP contribution in [0.4, 0.5) is 8.78 Å². The lowest BCUT2D eigenvalue weighted by molar-refractivity contribution is -0.141.